The van der Waals surface area contributed by atoms with E-state index in [4.69, 9.17) is 0 Å². The molecule has 0 saturated carbocycles. The van der Waals surface area contributed by atoms with E-state index < -0.39 is 17.2 Å². The molecule has 15 heavy (non-hydrogen) atoms. The third-order valence-electron chi connectivity index (χ3n) is 1.89. The third kappa shape index (κ3) is 1.76. The van der Waals surface area contributed by atoms with E-state index in [1.807, 2.05) is 0 Å². The van der Waals surface area contributed by atoms with Crippen molar-refractivity contribution in [3.63, 3.8) is 0 Å². The van der Waals surface area contributed by atoms with Crippen LogP contribution in [0.4, 0.5) is 8.78 Å². The van der Waals surface area contributed by atoms with Gasteiger partial charge in [0, 0.05) is 6.20 Å². The molecule has 0 aliphatic heterocycles. The van der Waals surface area contributed by atoms with Crippen LogP contribution in [0.5, 0.6) is 0 Å². The summed E-state index contributed by atoms with van der Waals surface area (Å²) in [5, 5.41) is 0. The van der Waals surface area contributed by atoms with Crippen LogP contribution in [0, 0.1) is 11.6 Å². The topological polar surface area (TPSA) is 45.8 Å². The number of aromatic amines is 1. The monoisotopic (exact) mass is 208 g/mol. The zero-order chi connectivity index (χ0) is 10.8. The van der Waals surface area contributed by atoms with Gasteiger partial charge in [-0.1, -0.05) is 6.07 Å². The van der Waals surface area contributed by atoms with Crippen molar-refractivity contribution in [3.05, 3.63) is 52.6 Å². The Labute approximate surface area is 83.4 Å². The molecule has 0 unspecified atom stereocenters. The van der Waals surface area contributed by atoms with E-state index in [9.17, 15) is 13.6 Å². The highest BCUT2D eigenvalue weighted by Crippen LogP contribution is 2.22. The normalized spacial score (nSPS) is 10.3. The standard InChI is InChI=1S/C10H6F2N2O/c11-6-2-1-3-7(12)10(6)8-4-14-9(15)5-13-8/h1-5H,(H,14,15). The van der Waals surface area contributed by atoms with Crippen molar-refractivity contribution in [2.75, 3.05) is 0 Å². The largest absolute Gasteiger partial charge is 0.326 e. The summed E-state index contributed by atoms with van der Waals surface area (Å²) in [4.78, 5) is 16.7. The van der Waals surface area contributed by atoms with Gasteiger partial charge in [-0.2, -0.15) is 0 Å². The molecule has 0 bridgehead atoms. The Morgan fingerprint density at radius 1 is 1.20 bits per heavy atom. The fraction of sp³-hybridized carbons (Fsp3) is 0. The molecule has 0 aliphatic carbocycles. The van der Waals surface area contributed by atoms with Gasteiger partial charge in [0.1, 0.15) is 11.6 Å². The Bertz CT molecular complexity index is 511. The van der Waals surface area contributed by atoms with Gasteiger partial charge >= 0.3 is 0 Å². The number of nitrogens with zero attached hydrogens (tertiary/aromatic N) is 1. The number of halogens is 2. The van der Waals surface area contributed by atoms with Crippen LogP contribution in [0.1, 0.15) is 0 Å². The molecule has 0 fully saturated rings. The van der Waals surface area contributed by atoms with Crippen molar-refractivity contribution in [3.8, 4) is 11.3 Å². The minimum atomic E-state index is -0.713. The summed E-state index contributed by atoms with van der Waals surface area (Å²) >= 11 is 0. The molecule has 1 aromatic carbocycles. The Kier molecular flexibility index (Phi) is 2.29. The summed E-state index contributed by atoms with van der Waals surface area (Å²) in [5.41, 5.74) is -0.602. The highest BCUT2D eigenvalue weighted by Gasteiger charge is 2.11. The van der Waals surface area contributed by atoms with E-state index in [2.05, 4.69) is 9.97 Å². The number of rotatable bonds is 1. The highest BCUT2D eigenvalue weighted by atomic mass is 19.1. The van der Waals surface area contributed by atoms with Gasteiger partial charge in [-0.15, -0.1) is 0 Å². The number of hydrogen-bond acceptors (Lipinski definition) is 2. The molecule has 2 rings (SSSR count). The second-order valence-electron chi connectivity index (χ2n) is 2.89. The lowest BCUT2D eigenvalue weighted by molar-refractivity contribution is 0.588. The summed E-state index contributed by atoms with van der Waals surface area (Å²) in [7, 11) is 0. The lowest BCUT2D eigenvalue weighted by atomic mass is 10.1. The molecule has 0 radical (unpaired) electrons. The van der Waals surface area contributed by atoms with Gasteiger partial charge in [-0.25, -0.2) is 13.8 Å². The Morgan fingerprint density at radius 3 is 2.40 bits per heavy atom. The van der Waals surface area contributed by atoms with E-state index in [0.29, 0.717) is 0 Å². The van der Waals surface area contributed by atoms with Crippen LogP contribution in [0.3, 0.4) is 0 Å². The number of nitrogens with one attached hydrogen (secondary N) is 1. The first-order chi connectivity index (χ1) is 7.18. The first-order valence-corrected chi connectivity index (χ1v) is 4.17. The SMILES string of the molecule is O=c1cnc(-c2c(F)cccc2F)c[nH]1. The molecule has 2 aromatic rings. The molecule has 1 heterocycles. The van der Waals surface area contributed by atoms with Crippen molar-refractivity contribution in [2.24, 2.45) is 0 Å². The summed E-state index contributed by atoms with van der Waals surface area (Å²) in [6.45, 7) is 0. The van der Waals surface area contributed by atoms with Gasteiger partial charge in [0.2, 0.25) is 0 Å². The first-order valence-electron chi connectivity index (χ1n) is 4.17. The van der Waals surface area contributed by atoms with Gasteiger partial charge in [-0.3, -0.25) is 4.79 Å². The van der Waals surface area contributed by atoms with Crippen molar-refractivity contribution in [1.82, 2.24) is 9.97 Å². The summed E-state index contributed by atoms with van der Waals surface area (Å²) in [6.07, 6.45) is 2.14. The van der Waals surface area contributed by atoms with E-state index in [-0.39, 0.29) is 11.3 Å². The maximum absolute atomic E-state index is 13.3. The third-order valence-corrected chi connectivity index (χ3v) is 1.89. The van der Waals surface area contributed by atoms with Crippen molar-refractivity contribution in [2.45, 2.75) is 0 Å². The molecule has 5 heteroatoms. The molecule has 0 amide bonds. The maximum atomic E-state index is 13.3. The first kappa shape index (κ1) is 9.51. The Balaban J connectivity index is 2.63. The lowest BCUT2D eigenvalue weighted by Gasteiger charge is -2.02. The molecule has 0 aliphatic rings. The van der Waals surface area contributed by atoms with E-state index in [1.165, 1.54) is 12.3 Å². The fourth-order valence-corrected chi connectivity index (χ4v) is 1.22. The van der Waals surface area contributed by atoms with Crippen LogP contribution in [0.25, 0.3) is 11.3 Å². The zero-order valence-corrected chi connectivity index (χ0v) is 7.50. The van der Waals surface area contributed by atoms with Crippen LogP contribution in [-0.4, -0.2) is 9.97 Å². The maximum Gasteiger partial charge on any atom is 0.266 e. The summed E-state index contributed by atoms with van der Waals surface area (Å²) in [5.74, 6) is -1.43. The van der Waals surface area contributed by atoms with Gasteiger partial charge in [0.15, 0.2) is 0 Å². The average molecular weight is 208 g/mol. The van der Waals surface area contributed by atoms with Gasteiger partial charge in [0.05, 0.1) is 17.5 Å². The number of aromatic nitrogens is 2. The predicted octanol–water partition coefficient (Wildman–Crippen LogP) is 1.72. The molecule has 0 saturated heterocycles. The molecular weight excluding hydrogens is 202 g/mol. The van der Waals surface area contributed by atoms with E-state index in [1.54, 1.807) is 0 Å². The zero-order valence-electron chi connectivity index (χ0n) is 7.50. The molecule has 3 nitrogen and oxygen atoms in total. The molecule has 76 valence electrons. The minimum absolute atomic E-state index is 0.0604. The van der Waals surface area contributed by atoms with Crippen LogP contribution in [0.15, 0.2) is 35.4 Å². The second kappa shape index (κ2) is 3.61. The van der Waals surface area contributed by atoms with E-state index in [0.717, 1.165) is 18.3 Å². The van der Waals surface area contributed by atoms with Crippen molar-refractivity contribution >= 4 is 0 Å². The smallest absolute Gasteiger partial charge is 0.266 e. The fourth-order valence-electron chi connectivity index (χ4n) is 1.22. The van der Waals surface area contributed by atoms with Crippen LogP contribution < -0.4 is 5.56 Å². The highest BCUT2D eigenvalue weighted by molar-refractivity contribution is 5.59. The van der Waals surface area contributed by atoms with Gasteiger partial charge in [-0.05, 0) is 12.1 Å². The predicted molar refractivity (Wildman–Crippen MR) is 50.2 cm³/mol. The van der Waals surface area contributed by atoms with E-state index >= 15 is 0 Å². The number of hydrogen-bond donors (Lipinski definition) is 1. The second-order valence-corrected chi connectivity index (χ2v) is 2.89. The quantitative estimate of drug-likeness (QED) is 0.775. The molecule has 0 spiro atoms. The Hall–Kier alpha value is -2.04. The Morgan fingerprint density at radius 2 is 1.87 bits per heavy atom. The van der Waals surface area contributed by atoms with Crippen molar-refractivity contribution < 1.29 is 8.78 Å². The lowest BCUT2D eigenvalue weighted by Crippen LogP contribution is -2.05. The van der Waals surface area contributed by atoms with Gasteiger partial charge in [0.25, 0.3) is 5.56 Å². The average Bonchev–Trinajstić information content (AvgIpc) is 2.20. The van der Waals surface area contributed by atoms with Crippen molar-refractivity contribution in [1.29, 1.82) is 0 Å². The van der Waals surface area contributed by atoms with Crippen LogP contribution in [-0.2, 0) is 0 Å². The number of H-pyrrole nitrogens is 1. The van der Waals surface area contributed by atoms with Crippen LogP contribution in [0.2, 0.25) is 0 Å². The minimum Gasteiger partial charge on any atom is -0.326 e. The molecule has 1 N–H and O–H groups in total. The molecular formula is C10H6F2N2O. The van der Waals surface area contributed by atoms with Crippen LogP contribution >= 0.6 is 0 Å². The molecule has 0 atom stereocenters. The van der Waals surface area contributed by atoms with Gasteiger partial charge < -0.3 is 4.98 Å². The molecule has 1 aromatic heterocycles. The number of benzene rings is 1. The summed E-state index contributed by atoms with van der Waals surface area (Å²) in [6, 6.07) is 3.52. The summed E-state index contributed by atoms with van der Waals surface area (Å²) < 4.78 is 26.5.